The molecule has 3 aromatic rings. The first-order valence-electron chi connectivity index (χ1n) is 9.13. The number of rotatable bonds is 8. The van der Waals surface area contributed by atoms with Crippen molar-refractivity contribution in [2.24, 2.45) is 5.73 Å². The van der Waals surface area contributed by atoms with Crippen LogP contribution < -0.4 is 10.5 Å². The molecule has 0 aliphatic rings. The first-order chi connectivity index (χ1) is 13.6. The average Bonchev–Trinajstić information content (AvgIpc) is 2.74. The van der Waals surface area contributed by atoms with E-state index >= 15 is 0 Å². The summed E-state index contributed by atoms with van der Waals surface area (Å²) in [4.78, 5) is 2.00. The second kappa shape index (κ2) is 9.37. The molecule has 5 nitrogen and oxygen atoms in total. The Labute approximate surface area is 165 Å². The first-order valence-corrected chi connectivity index (χ1v) is 9.13. The van der Waals surface area contributed by atoms with E-state index < -0.39 is 0 Å². The maximum Gasteiger partial charge on any atom is 0.128 e. The van der Waals surface area contributed by atoms with E-state index in [-0.39, 0.29) is 5.84 Å². The Morgan fingerprint density at radius 3 is 2.14 bits per heavy atom. The van der Waals surface area contributed by atoms with Gasteiger partial charge in [0, 0.05) is 17.7 Å². The molecule has 28 heavy (non-hydrogen) atoms. The van der Waals surface area contributed by atoms with E-state index in [9.17, 15) is 0 Å². The molecule has 142 valence electrons. The van der Waals surface area contributed by atoms with Crippen molar-refractivity contribution in [3.05, 3.63) is 102 Å². The van der Waals surface area contributed by atoms with E-state index in [1.165, 1.54) is 0 Å². The van der Waals surface area contributed by atoms with Crippen LogP contribution in [0.3, 0.4) is 0 Å². The lowest BCUT2D eigenvalue weighted by Crippen LogP contribution is -2.34. The van der Waals surface area contributed by atoms with Crippen molar-refractivity contribution in [3.8, 4) is 5.75 Å². The second-order valence-corrected chi connectivity index (χ2v) is 6.41. The number of nitrogen functional groups attached to an aromatic ring is 1. The zero-order chi connectivity index (χ0) is 19.8. The van der Waals surface area contributed by atoms with Crippen LogP contribution in [0.15, 0.2) is 84.9 Å². The molecule has 0 bridgehead atoms. The van der Waals surface area contributed by atoms with Crippen LogP contribution in [0.25, 0.3) is 0 Å². The van der Waals surface area contributed by atoms with E-state index in [0.717, 1.165) is 11.1 Å². The largest absolute Gasteiger partial charge is 0.492 e. The summed E-state index contributed by atoms with van der Waals surface area (Å²) < 4.78 is 5.86. The van der Waals surface area contributed by atoms with Gasteiger partial charge in [-0.2, -0.15) is 0 Å². The zero-order valence-corrected chi connectivity index (χ0v) is 15.6. The number of nitrogens with zero attached hydrogens (tertiary/aromatic N) is 1. The molecule has 0 aliphatic carbocycles. The summed E-state index contributed by atoms with van der Waals surface area (Å²) in [6.07, 6.45) is 0. The van der Waals surface area contributed by atoms with E-state index in [1.54, 1.807) is 12.1 Å². The number of amidine groups is 2. The lowest BCUT2D eigenvalue weighted by atomic mass is 10.1. The van der Waals surface area contributed by atoms with E-state index in [0.29, 0.717) is 36.8 Å². The molecule has 0 amide bonds. The highest BCUT2D eigenvalue weighted by molar-refractivity contribution is 5.96. The summed E-state index contributed by atoms with van der Waals surface area (Å²) in [6.45, 7) is 1.61. The molecule has 0 heterocycles. The minimum absolute atomic E-state index is 0.0157. The number of hydrogen-bond donors (Lipinski definition) is 3. The predicted molar refractivity (Wildman–Crippen MR) is 113 cm³/mol. The zero-order valence-electron chi connectivity index (χ0n) is 15.6. The van der Waals surface area contributed by atoms with Crippen molar-refractivity contribution in [2.75, 3.05) is 13.2 Å². The fraction of sp³-hybridized carbons (Fsp3) is 0.130. The third-order valence-electron chi connectivity index (χ3n) is 4.35. The Morgan fingerprint density at radius 1 is 0.821 bits per heavy atom. The summed E-state index contributed by atoms with van der Waals surface area (Å²) in [5, 5.41) is 16.2. The molecule has 0 aromatic heterocycles. The molecule has 3 rings (SSSR count). The van der Waals surface area contributed by atoms with Crippen LogP contribution in [0.4, 0.5) is 0 Å². The molecule has 0 radical (unpaired) electrons. The van der Waals surface area contributed by atoms with Crippen molar-refractivity contribution in [2.45, 2.75) is 6.54 Å². The molecule has 5 heteroatoms. The topological polar surface area (TPSA) is 86.2 Å². The summed E-state index contributed by atoms with van der Waals surface area (Å²) in [6, 6.07) is 27.0. The average molecular weight is 372 g/mol. The molecule has 0 fully saturated rings. The summed E-state index contributed by atoms with van der Waals surface area (Å²) in [5.74, 6) is 1.14. The van der Waals surface area contributed by atoms with E-state index in [1.807, 2.05) is 65.6 Å². The molecule has 0 spiro atoms. The summed E-state index contributed by atoms with van der Waals surface area (Å²) in [7, 11) is 0. The van der Waals surface area contributed by atoms with Gasteiger partial charge in [0.1, 0.15) is 24.0 Å². The second-order valence-electron chi connectivity index (χ2n) is 6.41. The van der Waals surface area contributed by atoms with Crippen LogP contribution in [-0.4, -0.2) is 29.7 Å². The van der Waals surface area contributed by atoms with Crippen molar-refractivity contribution in [1.29, 1.82) is 10.8 Å². The van der Waals surface area contributed by atoms with Crippen molar-refractivity contribution in [1.82, 2.24) is 4.90 Å². The number of hydrogen-bond acceptors (Lipinski definition) is 3. The Hall–Kier alpha value is -3.60. The normalized spacial score (nSPS) is 10.3. The van der Waals surface area contributed by atoms with Crippen LogP contribution in [0, 0.1) is 10.8 Å². The smallest absolute Gasteiger partial charge is 0.128 e. The number of ether oxygens (including phenoxy) is 1. The predicted octanol–water partition coefficient (Wildman–Crippen LogP) is 3.88. The number of benzene rings is 3. The minimum atomic E-state index is 0.0157. The van der Waals surface area contributed by atoms with Crippen LogP contribution in [-0.2, 0) is 6.54 Å². The van der Waals surface area contributed by atoms with Gasteiger partial charge in [0.05, 0.1) is 6.54 Å². The van der Waals surface area contributed by atoms with Crippen LogP contribution in [0.5, 0.6) is 5.75 Å². The van der Waals surface area contributed by atoms with Gasteiger partial charge in [-0.15, -0.1) is 0 Å². The van der Waals surface area contributed by atoms with Gasteiger partial charge in [-0.1, -0.05) is 72.8 Å². The first kappa shape index (κ1) is 19.2. The summed E-state index contributed by atoms with van der Waals surface area (Å²) >= 11 is 0. The highest BCUT2D eigenvalue weighted by Crippen LogP contribution is 2.14. The Kier molecular flexibility index (Phi) is 6.41. The Balaban J connectivity index is 1.69. The summed E-state index contributed by atoms with van der Waals surface area (Å²) in [5.41, 5.74) is 8.19. The molecule has 4 N–H and O–H groups in total. The molecule has 0 saturated heterocycles. The highest BCUT2D eigenvalue weighted by Gasteiger charge is 2.13. The van der Waals surface area contributed by atoms with Crippen molar-refractivity contribution >= 4 is 11.7 Å². The molecular weight excluding hydrogens is 348 g/mol. The number of nitrogens with two attached hydrogens (primary N) is 1. The molecular formula is C23H24N4O. The SMILES string of the molecule is N=C(N)c1cccc(OCCN(Cc2ccccc2)C(=N)c2ccccc2)c1. The van der Waals surface area contributed by atoms with E-state index in [2.05, 4.69) is 12.1 Å². The van der Waals surface area contributed by atoms with Gasteiger partial charge in [-0.05, 0) is 17.7 Å². The lowest BCUT2D eigenvalue weighted by Gasteiger charge is -2.25. The van der Waals surface area contributed by atoms with Gasteiger partial charge >= 0.3 is 0 Å². The van der Waals surface area contributed by atoms with E-state index in [4.69, 9.17) is 21.3 Å². The maximum absolute atomic E-state index is 8.64. The molecule has 0 saturated carbocycles. The monoisotopic (exact) mass is 372 g/mol. The highest BCUT2D eigenvalue weighted by atomic mass is 16.5. The lowest BCUT2D eigenvalue weighted by molar-refractivity contribution is 0.265. The van der Waals surface area contributed by atoms with Crippen LogP contribution >= 0.6 is 0 Å². The Morgan fingerprint density at radius 2 is 1.46 bits per heavy atom. The van der Waals surface area contributed by atoms with Crippen molar-refractivity contribution < 1.29 is 4.74 Å². The fourth-order valence-electron chi connectivity index (χ4n) is 2.88. The standard InChI is InChI=1S/C23H24N4O/c24-22(25)20-12-7-13-21(16-20)28-15-14-27(17-18-8-3-1-4-9-18)23(26)19-10-5-2-6-11-19/h1-13,16,26H,14-15,17H2,(H3,24,25). The maximum atomic E-state index is 8.64. The van der Waals surface area contributed by atoms with Crippen LogP contribution in [0.2, 0.25) is 0 Å². The third-order valence-corrected chi connectivity index (χ3v) is 4.35. The van der Waals surface area contributed by atoms with Gasteiger partial charge in [-0.25, -0.2) is 0 Å². The molecule has 0 atom stereocenters. The third kappa shape index (κ3) is 5.20. The van der Waals surface area contributed by atoms with Gasteiger partial charge in [-0.3, -0.25) is 10.8 Å². The molecule has 3 aromatic carbocycles. The van der Waals surface area contributed by atoms with Gasteiger partial charge < -0.3 is 15.4 Å². The minimum Gasteiger partial charge on any atom is -0.492 e. The molecule has 0 aliphatic heterocycles. The number of nitrogens with one attached hydrogen (secondary N) is 2. The van der Waals surface area contributed by atoms with Gasteiger partial charge in [0.15, 0.2) is 0 Å². The van der Waals surface area contributed by atoms with Crippen molar-refractivity contribution in [3.63, 3.8) is 0 Å². The molecule has 0 unspecified atom stereocenters. The Bertz CT molecular complexity index is 926. The fourth-order valence-corrected chi connectivity index (χ4v) is 2.88. The van der Waals surface area contributed by atoms with Gasteiger partial charge in [0.25, 0.3) is 0 Å². The van der Waals surface area contributed by atoms with Gasteiger partial charge in [0.2, 0.25) is 0 Å². The van der Waals surface area contributed by atoms with Crippen LogP contribution in [0.1, 0.15) is 16.7 Å². The quantitative estimate of drug-likeness (QED) is 0.414.